The number of hydrogen-bond donors (Lipinski definition) is 0. The van der Waals surface area contributed by atoms with Crippen LogP contribution in [-0.4, -0.2) is 12.9 Å². The normalized spacial score (nSPS) is 10.0. The summed E-state index contributed by atoms with van der Waals surface area (Å²) < 4.78 is 4.93. The van der Waals surface area contributed by atoms with E-state index in [1.165, 1.54) is 11.3 Å². The van der Waals surface area contributed by atoms with Gasteiger partial charge in [-0.2, -0.15) is 0 Å². The minimum absolute atomic E-state index is 0.118. The topological polar surface area (TPSA) is 26.3 Å². The molecule has 0 fully saturated rings. The van der Waals surface area contributed by atoms with Gasteiger partial charge in [0.05, 0.1) is 11.5 Å². The van der Waals surface area contributed by atoms with E-state index in [0.29, 0.717) is 6.61 Å². The van der Waals surface area contributed by atoms with Crippen molar-refractivity contribution in [2.75, 3.05) is 7.11 Å². The molecule has 2 nitrogen and oxygen atoms in total. The van der Waals surface area contributed by atoms with Crippen LogP contribution in [0.15, 0.2) is 11.4 Å². The summed E-state index contributed by atoms with van der Waals surface area (Å²) in [6.07, 6.45) is 0. The zero-order chi connectivity index (χ0) is 8.27. The summed E-state index contributed by atoms with van der Waals surface area (Å²) in [5.41, 5.74) is 0.991. The van der Waals surface area contributed by atoms with Crippen molar-refractivity contribution < 1.29 is 9.53 Å². The van der Waals surface area contributed by atoms with Gasteiger partial charge in [0.15, 0.2) is 5.78 Å². The lowest BCUT2D eigenvalue weighted by Crippen LogP contribution is -1.94. The molecule has 0 bridgehead atoms. The highest BCUT2D eigenvalue weighted by molar-refractivity contribution is 7.12. The highest BCUT2D eigenvalue weighted by Crippen LogP contribution is 2.17. The number of methoxy groups -OCH3 is 1. The van der Waals surface area contributed by atoms with Gasteiger partial charge in [0.1, 0.15) is 0 Å². The first-order valence-electron chi connectivity index (χ1n) is 3.32. The first kappa shape index (κ1) is 8.43. The molecule has 1 aromatic heterocycles. The maximum atomic E-state index is 11.0. The molecule has 1 heterocycles. The predicted octanol–water partition coefficient (Wildman–Crippen LogP) is 2.10. The largest absolute Gasteiger partial charge is 0.380 e. The van der Waals surface area contributed by atoms with E-state index in [0.717, 1.165) is 10.4 Å². The molecule has 0 atom stereocenters. The molecular formula is C8H10O2S. The summed E-state index contributed by atoms with van der Waals surface area (Å²) in [5.74, 6) is 0.118. The van der Waals surface area contributed by atoms with Crippen LogP contribution in [0.5, 0.6) is 0 Å². The van der Waals surface area contributed by atoms with Crippen molar-refractivity contribution in [1.29, 1.82) is 0 Å². The Morgan fingerprint density at radius 3 is 3.00 bits per heavy atom. The highest BCUT2D eigenvalue weighted by atomic mass is 32.1. The fourth-order valence-corrected chi connectivity index (χ4v) is 1.73. The van der Waals surface area contributed by atoms with E-state index >= 15 is 0 Å². The van der Waals surface area contributed by atoms with Crippen molar-refractivity contribution in [3.8, 4) is 0 Å². The second-order valence-corrected chi connectivity index (χ2v) is 3.18. The Bertz CT molecular complexity index is 252. The van der Waals surface area contributed by atoms with Gasteiger partial charge in [-0.05, 0) is 23.9 Å². The predicted molar refractivity (Wildman–Crippen MR) is 45.0 cm³/mol. The summed E-state index contributed by atoms with van der Waals surface area (Å²) in [5, 5.41) is 1.91. The zero-order valence-electron chi connectivity index (χ0n) is 6.59. The number of thiophene rings is 1. The molecule has 1 rings (SSSR count). The van der Waals surface area contributed by atoms with Crippen molar-refractivity contribution in [2.45, 2.75) is 13.5 Å². The summed E-state index contributed by atoms with van der Waals surface area (Å²) >= 11 is 1.47. The molecule has 0 aliphatic heterocycles. The third-order valence-corrected chi connectivity index (χ3v) is 2.42. The van der Waals surface area contributed by atoms with E-state index in [-0.39, 0.29) is 5.78 Å². The van der Waals surface area contributed by atoms with Crippen molar-refractivity contribution in [1.82, 2.24) is 0 Å². The van der Waals surface area contributed by atoms with Gasteiger partial charge in [0, 0.05) is 7.11 Å². The molecule has 0 unspecified atom stereocenters. The lowest BCUT2D eigenvalue weighted by atomic mass is 10.2. The molecule has 0 aromatic carbocycles. The molecule has 0 saturated carbocycles. The van der Waals surface area contributed by atoms with E-state index in [2.05, 4.69) is 0 Å². The number of Topliss-reactive ketones (excluding diaryl/α,β-unsaturated/α-hetero) is 1. The lowest BCUT2D eigenvalue weighted by molar-refractivity contribution is 0.101. The van der Waals surface area contributed by atoms with E-state index in [1.807, 2.05) is 11.4 Å². The molecular weight excluding hydrogens is 160 g/mol. The van der Waals surface area contributed by atoms with Crippen molar-refractivity contribution in [2.24, 2.45) is 0 Å². The monoisotopic (exact) mass is 170 g/mol. The number of carbonyl (C=O) groups excluding carboxylic acids is 1. The summed E-state index contributed by atoms with van der Waals surface area (Å²) in [6, 6.07) is 1.92. The molecule has 0 spiro atoms. The van der Waals surface area contributed by atoms with Crippen LogP contribution in [0.3, 0.4) is 0 Å². The fourth-order valence-electron chi connectivity index (χ4n) is 0.914. The number of hydrogen-bond acceptors (Lipinski definition) is 3. The Morgan fingerprint density at radius 2 is 2.45 bits per heavy atom. The van der Waals surface area contributed by atoms with E-state index < -0.39 is 0 Å². The van der Waals surface area contributed by atoms with Crippen LogP contribution >= 0.6 is 11.3 Å². The summed E-state index contributed by atoms with van der Waals surface area (Å²) in [4.78, 5) is 11.8. The van der Waals surface area contributed by atoms with Gasteiger partial charge in [0.2, 0.25) is 0 Å². The molecule has 11 heavy (non-hydrogen) atoms. The van der Waals surface area contributed by atoms with Gasteiger partial charge in [-0.1, -0.05) is 0 Å². The average Bonchev–Trinajstić information content (AvgIpc) is 2.36. The number of ether oxygens (including phenoxy) is 1. The van der Waals surface area contributed by atoms with Gasteiger partial charge in [-0.25, -0.2) is 0 Å². The summed E-state index contributed by atoms with van der Waals surface area (Å²) in [6.45, 7) is 2.10. The highest BCUT2D eigenvalue weighted by Gasteiger charge is 2.07. The van der Waals surface area contributed by atoms with Crippen LogP contribution in [0, 0.1) is 0 Å². The molecule has 0 saturated heterocycles. The average molecular weight is 170 g/mol. The van der Waals surface area contributed by atoms with Crippen LogP contribution in [0.4, 0.5) is 0 Å². The number of rotatable bonds is 3. The Morgan fingerprint density at radius 1 is 1.73 bits per heavy atom. The second-order valence-electron chi connectivity index (χ2n) is 2.26. The van der Waals surface area contributed by atoms with Crippen molar-refractivity contribution >= 4 is 17.1 Å². The first-order chi connectivity index (χ1) is 5.25. The van der Waals surface area contributed by atoms with Crippen LogP contribution in [0.2, 0.25) is 0 Å². The SMILES string of the molecule is COCc1ccsc1C(C)=O. The van der Waals surface area contributed by atoms with Crippen molar-refractivity contribution in [3.05, 3.63) is 21.9 Å². The van der Waals surface area contributed by atoms with Crippen molar-refractivity contribution in [3.63, 3.8) is 0 Å². The summed E-state index contributed by atoms with van der Waals surface area (Å²) in [7, 11) is 1.63. The molecule has 0 N–H and O–H groups in total. The lowest BCUT2D eigenvalue weighted by Gasteiger charge is -1.96. The van der Waals surface area contributed by atoms with E-state index in [1.54, 1.807) is 14.0 Å². The Labute approximate surface area is 69.8 Å². The van der Waals surface area contributed by atoms with E-state index in [9.17, 15) is 4.79 Å². The number of carbonyl (C=O) groups is 1. The van der Waals surface area contributed by atoms with Gasteiger partial charge >= 0.3 is 0 Å². The van der Waals surface area contributed by atoms with Crippen LogP contribution in [0.1, 0.15) is 22.2 Å². The Hall–Kier alpha value is -0.670. The van der Waals surface area contributed by atoms with Gasteiger partial charge in [0.25, 0.3) is 0 Å². The first-order valence-corrected chi connectivity index (χ1v) is 4.20. The smallest absolute Gasteiger partial charge is 0.170 e. The van der Waals surface area contributed by atoms with Crippen LogP contribution in [0.25, 0.3) is 0 Å². The Kier molecular flexibility index (Phi) is 2.79. The van der Waals surface area contributed by atoms with Gasteiger partial charge in [-0.3, -0.25) is 4.79 Å². The fraction of sp³-hybridized carbons (Fsp3) is 0.375. The quantitative estimate of drug-likeness (QED) is 0.649. The molecule has 0 radical (unpaired) electrons. The standard InChI is InChI=1S/C8H10O2S/c1-6(9)8-7(5-10-2)3-4-11-8/h3-4H,5H2,1-2H3. The maximum Gasteiger partial charge on any atom is 0.170 e. The molecule has 0 amide bonds. The minimum atomic E-state index is 0.118. The third-order valence-electron chi connectivity index (χ3n) is 1.37. The van der Waals surface area contributed by atoms with Crippen LogP contribution in [-0.2, 0) is 11.3 Å². The zero-order valence-corrected chi connectivity index (χ0v) is 7.40. The molecule has 0 aliphatic rings. The molecule has 0 aliphatic carbocycles. The van der Waals surface area contributed by atoms with Gasteiger partial charge < -0.3 is 4.74 Å². The molecule has 1 aromatic rings. The molecule has 3 heteroatoms. The number of ketones is 1. The van der Waals surface area contributed by atoms with E-state index in [4.69, 9.17) is 4.74 Å². The maximum absolute atomic E-state index is 11.0. The Balaban J connectivity index is 2.87. The van der Waals surface area contributed by atoms with Crippen LogP contribution < -0.4 is 0 Å². The third kappa shape index (κ3) is 1.88. The van der Waals surface area contributed by atoms with Gasteiger partial charge in [-0.15, -0.1) is 11.3 Å². The molecule has 60 valence electrons. The minimum Gasteiger partial charge on any atom is -0.380 e. The second kappa shape index (κ2) is 3.64.